The van der Waals surface area contributed by atoms with E-state index in [4.69, 9.17) is 0 Å². The molecule has 0 amide bonds. The van der Waals surface area contributed by atoms with E-state index in [1.165, 1.54) is 27.9 Å². The number of fused-ring (bicyclic) bond motifs is 1. The predicted molar refractivity (Wildman–Crippen MR) is 96.2 cm³/mol. The van der Waals surface area contributed by atoms with Crippen molar-refractivity contribution in [3.8, 4) is 0 Å². The van der Waals surface area contributed by atoms with Crippen LogP contribution >= 0.6 is 0 Å². The average molecular weight is 296 g/mol. The van der Waals surface area contributed by atoms with Crippen LogP contribution in [0.15, 0.2) is 42.5 Å². The SMILES string of the molecule is CC.Cc1cccc(CN2CN(C)Cc3cc(C)ccc32)c1. The van der Waals surface area contributed by atoms with Crippen molar-refractivity contribution in [3.63, 3.8) is 0 Å². The highest BCUT2D eigenvalue weighted by molar-refractivity contribution is 5.56. The van der Waals surface area contributed by atoms with Gasteiger partial charge in [0.2, 0.25) is 0 Å². The van der Waals surface area contributed by atoms with Crippen molar-refractivity contribution in [2.75, 3.05) is 18.6 Å². The molecule has 1 aliphatic heterocycles. The lowest BCUT2D eigenvalue weighted by molar-refractivity contribution is 0.307. The Hall–Kier alpha value is -1.80. The Morgan fingerprint density at radius 2 is 1.68 bits per heavy atom. The fourth-order valence-electron chi connectivity index (χ4n) is 3.02. The molecule has 0 spiro atoms. The van der Waals surface area contributed by atoms with Gasteiger partial charge in [0.1, 0.15) is 0 Å². The Morgan fingerprint density at radius 1 is 0.955 bits per heavy atom. The van der Waals surface area contributed by atoms with Gasteiger partial charge in [-0.1, -0.05) is 61.4 Å². The molecule has 3 rings (SSSR count). The van der Waals surface area contributed by atoms with E-state index in [-0.39, 0.29) is 0 Å². The second-order valence-corrected chi connectivity index (χ2v) is 5.97. The molecular weight excluding hydrogens is 268 g/mol. The molecule has 0 fully saturated rings. The van der Waals surface area contributed by atoms with Crippen LogP contribution in [0.2, 0.25) is 0 Å². The topological polar surface area (TPSA) is 6.48 Å². The highest BCUT2D eigenvalue weighted by Crippen LogP contribution is 2.29. The van der Waals surface area contributed by atoms with Crippen LogP contribution in [0, 0.1) is 13.8 Å². The van der Waals surface area contributed by atoms with Crippen LogP contribution in [0.1, 0.15) is 36.1 Å². The van der Waals surface area contributed by atoms with Gasteiger partial charge in [-0.25, -0.2) is 0 Å². The van der Waals surface area contributed by atoms with E-state index in [0.29, 0.717) is 0 Å². The fourth-order valence-corrected chi connectivity index (χ4v) is 3.02. The smallest absolute Gasteiger partial charge is 0.0711 e. The Morgan fingerprint density at radius 3 is 2.41 bits per heavy atom. The first-order chi connectivity index (χ1) is 10.6. The molecule has 0 saturated heterocycles. The van der Waals surface area contributed by atoms with Crippen LogP contribution in [-0.4, -0.2) is 18.6 Å². The second kappa shape index (κ2) is 7.46. The number of rotatable bonds is 2. The molecule has 0 N–H and O–H groups in total. The summed E-state index contributed by atoms with van der Waals surface area (Å²) < 4.78 is 0. The van der Waals surface area contributed by atoms with Gasteiger partial charge in [-0.2, -0.15) is 0 Å². The Labute approximate surface area is 135 Å². The molecule has 0 atom stereocenters. The van der Waals surface area contributed by atoms with Gasteiger partial charge in [-0.15, -0.1) is 0 Å². The van der Waals surface area contributed by atoms with Gasteiger partial charge in [0.15, 0.2) is 0 Å². The molecule has 1 heterocycles. The molecule has 0 bridgehead atoms. The third kappa shape index (κ3) is 3.89. The van der Waals surface area contributed by atoms with Crippen LogP contribution in [0.4, 0.5) is 5.69 Å². The molecular formula is C20H28N2. The van der Waals surface area contributed by atoms with E-state index in [2.05, 4.69) is 73.2 Å². The van der Waals surface area contributed by atoms with Crippen molar-refractivity contribution in [3.05, 3.63) is 64.7 Å². The number of hydrogen-bond acceptors (Lipinski definition) is 2. The summed E-state index contributed by atoms with van der Waals surface area (Å²) in [5, 5.41) is 0. The lowest BCUT2D eigenvalue weighted by atomic mass is 10.0. The summed E-state index contributed by atoms with van der Waals surface area (Å²) in [6.45, 7) is 11.3. The maximum atomic E-state index is 2.47. The summed E-state index contributed by atoms with van der Waals surface area (Å²) in [6.07, 6.45) is 0. The first-order valence-electron chi connectivity index (χ1n) is 8.20. The molecule has 0 aromatic heterocycles. The van der Waals surface area contributed by atoms with Crippen LogP contribution in [0.5, 0.6) is 0 Å². The molecule has 2 aromatic rings. The molecule has 1 aliphatic rings. The van der Waals surface area contributed by atoms with E-state index < -0.39 is 0 Å². The van der Waals surface area contributed by atoms with Crippen molar-refractivity contribution in [2.24, 2.45) is 0 Å². The van der Waals surface area contributed by atoms with Crippen LogP contribution in [0.25, 0.3) is 0 Å². The van der Waals surface area contributed by atoms with Gasteiger partial charge >= 0.3 is 0 Å². The summed E-state index contributed by atoms with van der Waals surface area (Å²) in [6, 6.07) is 15.6. The summed E-state index contributed by atoms with van der Waals surface area (Å²) in [7, 11) is 2.19. The van der Waals surface area contributed by atoms with E-state index >= 15 is 0 Å². The lowest BCUT2D eigenvalue weighted by Gasteiger charge is -2.37. The molecule has 2 aromatic carbocycles. The monoisotopic (exact) mass is 296 g/mol. The van der Waals surface area contributed by atoms with E-state index in [0.717, 1.165) is 19.8 Å². The van der Waals surface area contributed by atoms with Crippen molar-refractivity contribution in [1.82, 2.24) is 4.90 Å². The van der Waals surface area contributed by atoms with E-state index in [1.807, 2.05) is 13.8 Å². The van der Waals surface area contributed by atoms with Gasteiger partial charge in [0.05, 0.1) is 6.67 Å². The number of hydrogen-bond donors (Lipinski definition) is 0. The van der Waals surface area contributed by atoms with E-state index in [1.54, 1.807) is 0 Å². The molecule has 2 heteroatoms. The first-order valence-corrected chi connectivity index (χ1v) is 8.20. The fraction of sp³-hybridized carbons (Fsp3) is 0.400. The largest absolute Gasteiger partial charge is 0.354 e. The van der Waals surface area contributed by atoms with Crippen LogP contribution in [0.3, 0.4) is 0 Å². The summed E-state index contributed by atoms with van der Waals surface area (Å²) in [5.74, 6) is 0. The van der Waals surface area contributed by atoms with Crippen molar-refractivity contribution >= 4 is 5.69 Å². The number of nitrogens with zero attached hydrogens (tertiary/aromatic N) is 2. The zero-order valence-corrected chi connectivity index (χ0v) is 14.6. The van der Waals surface area contributed by atoms with Gasteiger partial charge < -0.3 is 4.90 Å². The molecule has 2 nitrogen and oxygen atoms in total. The van der Waals surface area contributed by atoms with Gasteiger partial charge in [0, 0.05) is 18.8 Å². The van der Waals surface area contributed by atoms with Gasteiger partial charge in [-0.3, -0.25) is 4.90 Å². The maximum Gasteiger partial charge on any atom is 0.0711 e. The highest BCUT2D eigenvalue weighted by Gasteiger charge is 2.20. The minimum Gasteiger partial charge on any atom is -0.354 e. The quantitative estimate of drug-likeness (QED) is 0.790. The Kier molecular flexibility index (Phi) is 5.62. The molecule has 22 heavy (non-hydrogen) atoms. The summed E-state index contributed by atoms with van der Waals surface area (Å²) in [4.78, 5) is 4.84. The maximum absolute atomic E-state index is 2.47. The third-order valence-electron chi connectivity index (χ3n) is 3.88. The number of aryl methyl sites for hydroxylation is 2. The minimum atomic E-state index is 0.974. The zero-order chi connectivity index (χ0) is 16.1. The standard InChI is InChI=1S/C18H22N2.C2H6/c1-14-5-4-6-16(9-14)11-20-13-19(3)12-17-10-15(2)7-8-18(17)20;1-2/h4-10H,11-13H2,1-3H3;1-2H3. The molecule has 0 saturated carbocycles. The van der Waals surface area contributed by atoms with Gasteiger partial charge in [0.25, 0.3) is 0 Å². The Bertz CT molecular complexity index is 619. The van der Waals surface area contributed by atoms with Crippen molar-refractivity contribution in [1.29, 1.82) is 0 Å². The van der Waals surface area contributed by atoms with Gasteiger partial charge in [-0.05, 0) is 38.1 Å². The molecule has 118 valence electrons. The van der Waals surface area contributed by atoms with E-state index in [9.17, 15) is 0 Å². The molecule has 0 aliphatic carbocycles. The number of benzene rings is 2. The molecule has 0 unspecified atom stereocenters. The number of anilines is 1. The van der Waals surface area contributed by atoms with Crippen LogP contribution < -0.4 is 4.90 Å². The van der Waals surface area contributed by atoms with Crippen LogP contribution in [-0.2, 0) is 13.1 Å². The zero-order valence-electron chi connectivity index (χ0n) is 14.6. The summed E-state index contributed by atoms with van der Waals surface area (Å²) in [5.41, 5.74) is 6.87. The minimum absolute atomic E-state index is 0.974. The third-order valence-corrected chi connectivity index (χ3v) is 3.88. The van der Waals surface area contributed by atoms with Crippen molar-refractivity contribution < 1.29 is 0 Å². The Balaban J connectivity index is 0.000000847. The first kappa shape index (κ1) is 16.6. The molecule has 0 radical (unpaired) electrons. The summed E-state index contributed by atoms with van der Waals surface area (Å²) >= 11 is 0. The lowest BCUT2D eigenvalue weighted by Crippen LogP contribution is -2.39. The average Bonchev–Trinajstić information content (AvgIpc) is 2.48. The predicted octanol–water partition coefficient (Wildman–Crippen LogP) is 4.74. The second-order valence-electron chi connectivity index (χ2n) is 5.97. The highest BCUT2D eigenvalue weighted by atomic mass is 15.3. The normalized spacial score (nSPS) is 14.1. The van der Waals surface area contributed by atoms with Crippen molar-refractivity contribution in [2.45, 2.75) is 40.8 Å².